The van der Waals surface area contributed by atoms with Gasteiger partial charge in [0, 0.05) is 5.69 Å². The normalized spacial score (nSPS) is 16.4. The maximum Gasteiger partial charge on any atom is 0.0965 e. The van der Waals surface area contributed by atoms with E-state index in [4.69, 9.17) is 0 Å². The Kier molecular flexibility index (Phi) is 3.65. The van der Waals surface area contributed by atoms with Crippen molar-refractivity contribution < 1.29 is 0 Å². The lowest BCUT2D eigenvalue weighted by Crippen LogP contribution is -2.42. The first-order valence-electron chi connectivity index (χ1n) is 5.53. The molecule has 2 nitrogen and oxygen atoms in total. The largest absolute Gasteiger partial charge is 0.316 e. The molecular weight excluding hydrogens is 204 g/mol. The van der Waals surface area contributed by atoms with Crippen LogP contribution in [0.4, 0.5) is 0 Å². The third kappa shape index (κ3) is 3.21. The Balaban J connectivity index is 1.81. The van der Waals surface area contributed by atoms with Crippen LogP contribution in [0.3, 0.4) is 0 Å². The smallest absolute Gasteiger partial charge is 0.0965 e. The van der Waals surface area contributed by atoms with E-state index in [0.29, 0.717) is 0 Å². The van der Waals surface area contributed by atoms with Gasteiger partial charge in [0.25, 0.3) is 0 Å². The summed E-state index contributed by atoms with van der Waals surface area (Å²) in [5, 5.41) is 4.48. The summed E-state index contributed by atoms with van der Waals surface area (Å²) in [5.74, 6) is 2.10. The third-order valence-electron chi connectivity index (χ3n) is 2.72. The number of rotatable bonds is 4. The van der Waals surface area contributed by atoms with Gasteiger partial charge in [-0.2, -0.15) is 0 Å². The molecule has 82 valence electrons. The average Bonchev–Trinajstić information content (AvgIpc) is 2.07. The highest BCUT2D eigenvalue weighted by molar-refractivity contribution is 7.99. The highest BCUT2D eigenvalue weighted by atomic mass is 32.2. The van der Waals surface area contributed by atoms with Gasteiger partial charge in [-0.1, -0.05) is 0 Å². The number of nitrogens with zero attached hydrogens (tertiary/aromatic N) is 1. The Morgan fingerprint density at radius 2 is 2.20 bits per heavy atom. The van der Waals surface area contributed by atoms with Crippen LogP contribution < -0.4 is 5.32 Å². The molecule has 0 amide bonds. The summed E-state index contributed by atoms with van der Waals surface area (Å²) in [5.41, 5.74) is 2.44. The van der Waals surface area contributed by atoms with E-state index in [1.165, 1.54) is 35.9 Å². The molecule has 3 heteroatoms. The van der Waals surface area contributed by atoms with E-state index >= 15 is 0 Å². The highest BCUT2D eigenvalue weighted by Gasteiger charge is 2.15. The quantitative estimate of drug-likeness (QED) is 0.792. The molecule has 0 radical (unpaired) electrons. The number of aromatic nitrogens is 1. The van der Waals surface area contributed by atoms with Gasteiger partial charge in [-0.15, -0.1) is 11.8 Å². The van der Waals surface area contributed by atoms with Crippen LogP contribution in [0, 0.1) is 19.8 Å². The summed E-state index contributed by atoms with van der Waals surface area (Å²) >= 11 is 1.89. The van der Waals surface area contributed by atoms with Crippen molar-refractivity contribution in [1.82, 2.24) is 10.3 Å². The van der Waals surface area contributed by atoms with Crippen molar-refractivity contribution in [3.8, 4) is 0 Å². The molecule has 2 heterocycles. The second kappa shape index (κ2) is 4.99. The van der Waals surface area contributed by atoms with Crippen LogP contribution in [0.25, 0.3) is 0 Å². The van der Waals surface area contributed by atoms with Gasteiger partial charge >= 0.3 is 0 Å². The molecule has 15 heavy (non-hydrogen) atoms. The Bertz CT molecular complexity index is 314. The number of aryl methyl sites for hydroxylation is 2. The van der Waals surface area contributed by atoms with Crippen molar-refractivity contribution in [3.05, 3.63) is 23.4 Å². The average molecular weight is 222 g/mol. The molecule has 1 saturated heterocycles. The van der Waals surface area contributed by atoms with Crippen LogP contribution in [-0.2, 0) is 0 Å². The first kappa shape index (κ1) is 11.0. The summed E-state index contributed by atoms with van der Waals surface area (Å²) in [6.07, 6.45) is 1.31. The summed E-state index contributed by atoms with van der Waals surface area (Å²) in [4.78, 5) is 4.52. The van der Waals surface area contributed by atoms with Crippen molar-refractivity contribution >= 4 is 11.8 Å². The van der Waals surface area contributed by atoms with Crippen molar-refractivity contribution in [2.75, 3.05) is 18.8 Å². The summed E-state index contributed by atoms with van der Waals surface area (Å²) in [7, 11) is 0. The molecule has 0 aliphatic carbocycles. The SMILES string of the molecule is Cc1cc(C)nc(SCCC2CNC2)c1. The van der Waals surface area contributed by atoms with Crippen molar-refractivity contribution in [1.29, 1.82) is 0 Å². The lowest BCUT2D eigenvalue weighted by Gasteiger charge is -2.26. The van der Waals surface area contributed by atoms with Crippen LogP contribution in [0.2, 0.25) is 0 Å². The predicted molar refractivity (Wildman–Crippen MR) is 65.4 cm³/mol. The number of pyridine rings is 1. The molecule has 1 aromatic heterocycles. The Morgan fingerprint density at radius 3 is 2.80 bits per heavy atom. The van der Waals surface area contributed by atoms with E-state index in [2.05, 4.69) is 36.3 Å². The minimum Gasteiger partial charge on any atom is -0.316 e. The molecule has 1 N–H and O–H groups in total. The summed E-state index contributed by atoms with van der Waals surface area (Å²) in [6, 6.07) is 4.30. The molecule has 1 fully saturated rings. The first-order chi connectivity index (χ1) is 7.24. The zero-order valence-electron chi connectivity index (χ0n) is 9.42. The van der Waals surface area contributed by atoms with E-state index in [9.17, 15) is 0 Å². The van der Waals surface area contributed by atoms with Gasteiger partial charge in [0.15, 0.2) is 0 Å². The van der Waals surface area contributed by atoms with Crippen LogP contribution in [0.5, 0.6) is 0 Å². The molecule has 0 saturated carbocycles. The lowest BCUT2D eigenvalue weighted by atomic mass is 10.0. The van der Waals surface area contributed by atoms with Crippen LogP contribution >= 0.6 is 11.8 Å². The number of thioether (sulfide) groups is 1. The zero-order valence-corrected chi connectivity index (χ0v) is 10.2. The fraction of sp³-hybridized carbons (Fsp3) is 0.583. The van der Waals surface area contributed by atoms with Gasteiger partial charge in [-0.05, 0) is 62.7 Å². The molecule has 0 spiro atoms. The van der Waals surface area contributed by atoms with Crippen LogP contribution in [-0.4, -0.2) is 23.8 Å². The number of hydrogen-bond donors (Lipinski definition) is 1. The Hall–Kier alpha value is -0.540. The summed E-state index contributed by atoms with van der Waals surface area (Å²) in [6.45, 7) is 6.61. The van der Waals surface area contributed by atoms with Crippen molar-refractivity contribution in [2.45, 2.75) is 25.3 Å². The third-order valence-corrected chi connectivity index (χ3v) is 3.66. The van der Waals surface area contributed by atoms with Crippen molar-refractivity contribution in [2.24, 2.45) is 5.92 Å². The minimum atomic E-state index is 0.906. The van der Waals surface area contributed by atoms with E-state index in [0.717, 1.165) is 11.6 Å². The fourth-order valence-corrected chi connectivity index (χ4v) is 2.90. The van der Waals surface area contributed by atoms with Crippen molar-refractivity contribution in [3.63, 3.8) is 0 Å². The second-order valence-corrected chi connectivity index (χ2v) is 5.40. The number of nitrogens with one attached hydrogen (secondary N) is 1. The molecule has 2 rings (SSSR count). The predicted octanol–water partition coefficient (Wildman–Crippen LogP) is 2.40. The maximum absolute atomic E-state index is 4.52. The van der Waals surface area contributed by atoms with E-state index < -0.39 is 0 Å². The van der Waals surface area contributed by atoms with Gasteiger partial charge in [-0.3, -0.25) is 0 Å². The molecule has 1 aromatic rings. The van der Waals surface area contributed by atoms with Gasteiger partial charge in [0.1, 0.15) is 0 Å². The van der Waals surface area contributed by atoms with Gasteiger partial charge in [-0.25, -0.2) is 4.98 Å². The van der Waals surface area contributed by atoms with E-state index in [1.54, 1.807) is 0 Å². The molecule has 1 aliphatic rings. The molecular formula is C12H18N2S. The van der Waals surface area contributed by atoms with Gasteiger partial charge < -0.3 is 5.32 Å². The number of hydrogen-bond acceptors (Lipinski definition) is 3. The van der Waals surface area contributed by atoms with E-state index in [-0.39, 0.29) is 0 Å². The Morgan fingerprint density at radius 1 is 1.40 bits per heavy atom. The monoisotopic (exact) mass is 222 g/mol. The molecule has 0 atom stereocenters. The molecule has 0 aromatic carbocycles. The Labute approximate surface area is 95.9 Å². The standard InChI is InChI=1S/C12H18N2S/c1-9-5-10(2)14-12(6-9)15-4-3-11-7-13-8-11/h5-6,11,13H,3-4,7-8H2,1-2H3. The first-order valence-corrected chi connectivity index (χ1v) is 6.51. The second-order valence-electron chi connectivity index (χ2n) is 4.29. The topological polar surface area (TPSA) is 24.9 Å². The molecule has 1 aliphatic heterocycles. The maximum atomic E-state index is 4.52. The van der Waals surface area contributed by atoms with Crippen LogP contribution in [0.1, 0.15) is 17.7 Å². The zero-order chi connectivity index (χ0) is 10.7. The van der Waals surface area contributed by atoms with Gasteiger partial charge in [0.2, 0.25) is 0 Å². The van der Waals surface area contributed by atoms with E-state index in [1.807, 2.05) is 11.8 Å². The lowest BCUT2D eigenvalue weighted by molar-refractivity contribution is 0.341. The highest BCUT2D eigenvalue weighted by Crippen LogP contribution is 2.21. The fourth-order valence-electron chi connectivity index (χ4n) is 1.76. The van der Waals surface area contributed by atoms with Crippen LogP contribution in [0.15, 0.2) is 17.2 Å². The van der Waals surface area contributed by atoms with Gasteiger partial charge in [0.05, 0.1) is 5.03 Å². The minimum absolute atomic E-state index is 0.906. The summed E-state index contributed by atoms with van der Waals surface area (Å²) < 4.78 is 0. The molecule has 0 unspecified atom stereocenters. The molecule has 0 bridgehead atoms.